The molecule has 1 heterocycles. The van der Waals surface area contributed by atoms with Gasteiger partial charge in [0.25, 0.3) is 5.91 Å². The first kappa shape index (κ1) is 23.3. The van der Waals surface area contributed by atoms with E-state index >= 15 is 0 Å². The molecule has 0 saturated heterocycles. The summed E-state index contributed by atoms with van der Waals surface area (Å²) in [6, 6.07) is 20.2. The smallest absolute Gasteiger partial charge is 0.251 e. The van der Waals surface area contributed by atoms with Crippen LogP contribution in [0.25, 0.3) is 10.8 Å². The zero-order valence-electron chi connectivity index (χ0n) is 19.1. The van der Waals surface area contributed by atoms with E-state index in [-0.39, 0.29) is 23.6 Å². The number of hydrogen-bond acceptors (Lipinski definition) is 6. The van der Waals surface area contributed by atoms with E-state index in [1.807, 2.05) is 56.4 Å². The average molecular weight is 476 g/mol. The van der Waals surface area contributed by atoms with Gasteiger partial charge in [0, 0.05) is 23.7 Å². The van der Waals surface area contributed by atoms with Crippen molar-refractivity contribution in [2.45, 2.75) is 18.1 Å². The SMILES string of the molecule is COc1ccc(C(=O)N[C@@H](C)c2nnc(SCC(=O)Nc3cccc4ccccc34)n2C)cc1. The number of ether oxygens (including phenoxy) is 1. The molecule has 0 fully saturated rings. The van der Waals surface area contributed by atoms with E-state index in [0.717, 1.165) is 16.5 Å². The van der Waals surface area contributed by atoms with E-state index in [9.17, 15) is 9.59 Å². The molecule has 0 spiro atoms. The molecule has 4 aromatic rings. The second kappa shape index (κ2) is 10.4. The quantitative estimate of drug-likeness (QED) is 0.371. The van der Waals surface area contributed by atoms with Crippen molar-refractivity contribution in [2.75, 3.05) is 18.2 Å². The maximum absolute atomic E-state index is 12.6. The van der Waals surface area contributed by atoms with Crippen molar-refractivity contribution in [1.29, 1.82) is 0 Å². The van der Waals surface area contributed by atoms with Gasteiger partial charge in [-0.1, -0.05) is 48.2 Å². The van der Waals surface area contributed by atoms with Crippen molar-refractivity contribution >= 4 is 40.0 Å². The minimum atomic E-state index is -0.369. The van der Waals surface area contributed by atoms with Crippen molar-refractivity contribution < 1.29 is 14.3 Å². The van der Waals surface area contributed by atoms with Gasteiger partial charge < -0.3 is 19.9 Å². The standard InChI is InChI=1S/C25H25N5O3S/c1-16(26-24(32)18-11-13-19(33-3)14-12-18)23-28-29-25(30(23)2)34-15-22(31)27-21-10-6-8-17-7-4-5-9-20(17)21/h4-14,16H,15H2,1-3H3,(H,26,32)(H,27,31)/t16-/m0/s1. The van der Waals surface area contributed by atoms with Gasteiger partial charge in [-0.2, -0.15) is 0 Å². The van der Waals surface area contributed by atoms with Crippen LogP contribution in [0.4, 0.5) is 5.69 Å². The van der Waals surface area contributed by atoms with Crippen LogP contribution in [0.5, 0.6) is 5.75 Å². The summed E-state index contributed by atoms with van der Waals surface area (Å²) < 4.78 is 6.91. The summed E-state index contributed by atoms with van der Waals surface area (Å²) >= 11 is 1.29. The number of nitrogens with one attached hydrogen (secondary N) is 2. The molecule has 0 unspecified atom stereocenters. The molecule has 3 aromatic carbocycles. The third-order valence-corrected chi connectivity index (χ3v) is 6.37. The summed E-state index contributed by atoms with van der Waals surface area (Å²) in [6.07, 6.45) is 0. The lowest BCUT2D eigenvalue weighted by atomic mass is 10.1. The topological polar surface area (TPSA) is 98.1 Å². The van der Waals surface area contributed by atoms with Crippen molar-refractivity contribution in [1.82, 2.24) is 20.1 Å². The zero-order chi connectivity index (χ0) is 24.1. The van der Waals surface area contributed by atoms with Crippen LogP contribution < -0.4 is 15.4 Å². The number of carbonyl (C=O) groups excluding carboxylic acids is 2. The molecule has 0 radical (unpaired) electrons. The number of hydrogen-bond donors (Lipinski definition) is 2. The number of benzene rings is 3. The number of rotatable bonds is 8. The van der Waals surface area contributed by atoms with E-state index in [1.54, 1.807) is 35.9 Å². The van der Waals surface area contributed by atoms with Crippen LogP contribution in [-0.4, -0.2) is 39.4 Å². The Bertz CT molecular complexity index is 1310. The molecule has 0 aliphatic rings. The monoisotopic (exact) mass is 475 g/mol. The molecule has 0 aliphatic carbocycles. The first-order valence-electron chi connectivity index (χ1n) is 10.7. The number of carbonyl (C=O) groups is 2. The van der Waals surface area contributed by atoms with Crippen LogP contribution in [0, 0.1) is 0 Å². The molecule has 8 nitrogen and oxygen atoms in total. The summed E-state index contributed by atoms with van der Waals surface area (Å²) in [4.78, 5) is 25.1. The minimum Gasteiger partial charge on any atom is -0.497 e. The summed E-state index contributed by atoms with van der Waals surface area (Å²) in [6.45, 7) is 1.84. The molecule has 1 atom stereocenters. The highest BCUT2D eigenvalue weighted by Crippen LogP contribution is 2.24. The lowest BCUT2D eigenvalue weighted by Gasteiger charge is -2.14. The Balaban J connectivity index is 1.36. The molecular formula is C25H25N5O3S. The van der Waals surface area contributed by atoms with Gasteiger partial charge in [-0.25, -0.2) is 0 Å². The highest BCUT2D eigenvalue weighted by atomic mass is 32.2. The Morgan fingerprint density at radius 3 is 2.53 bits per heavy atom. The molecule has 9 heteroatoms. The van der Waals surface area contributed by atoms with Crippen LogP contribution in [0.15, 0.2) is 71.9 Å². The van der Waals surface area contributed by atoms with Crippen molar-refractivity contribution in [3.63, 3.8) is 0 Å². The van der Waals surface area contributed by atoms with Crippen LogP contribution in [0.2, 0.25) is 0 Å². The number of fused-ring (bicyclic) bond motifs is 1. The molecule has 1 aromatic heterocycles. The Kier molecular flexibility index (Phi) is 7.12. The molecule has 4 rings (SSSR count). The normalized spacial score (nSPS) is 11.7. The lowest BCUT2D eigenvalue weighted by Crippen LogP contribution is -2.28. The number of nitrogens with zero attached hydrogens (tertiary/aromatic N) is 3. The number of methoxy groups -OCH3 is 1. The highest BCUT2D eigenvalue weighted by Gasteiger charge is 2.19. The largest absolute Gasteiger partial charge is 0.497 e. The highest BCUT2D eigenvalue weighted by molar-refractivity contribution is 7.99. The van der Waals surface area contributed by atoms with Gasteiger partial charge in [0.15, 0.2) is 11.0 Å². The molecule has 0 aliphatic heterocycles. The molecule has 2 amide bonds. The predicted octanol–water partition coefficient (Wildman–Crippen LogP) is 4.20. The summed E-state index contributed by atoms with van der Waals surface area (Å²) in [7, 11) is 3.39. The van der Waals surface area contributed by atoms with Gasteiger partial charge in [-0.3, -0.25) is 9.59 Å². The third-order valence-electron chi connectivity index (χ3n) is 5.35. The van der Waals surface area contributed by atoms with E-state index in [0.29, 0.717) is 22.3 Å². The third kappa shape index (κ3) is 5.20. The zero-order valence-corrected chi connectivity index (χ0v) is 19.9. The van der Waals surface area contributed by atoms with Crippen molar-refractivity contribution in [3.8, 4) is 5.75 Å². The van der Waals surface area contributed by atoms with Gasteiger partial charge in [-0.05, 0) is 42.6 Å². The maximum Gasteiger partial charge on any atom is 0.251 e. The van der Waals surface area contributed by atoms with Gasteiger partial charge in [0.1, 0.15) is 5.75 Å². The minimum absolute atomic E-state index is 0.133. The Labute approximate surface area is 201 Å². The number of thioether (sulfide) groups is 1. The average Bonchev–Trinajstić information content (AvgIpc) is 3.23. The molecule has 2 N–H and O–H groups in total. The van der Waals surface area contributed by atoms with E-state index in [4.69, 9.17) is 4.74 Å². The molecule has 0 saturated carbocycles. The van der Waals surface area contributed by atoms with Crippen molar-refractivity contribution in [3.05, 3.63) is 78.1 Å². The first-order valence-corrected chi connectivity index (χ1v) is 11.7. The van der Waals surface area contributed by atoms with Crippen LogP contribution in [-0.2, 0) is 11.8 Å². The fourth-order valence-electron chi connectivity index (χ4n) is 3.57. The Hall–Kier alpha value is -3.85. The first-order chi connectivity index (χ1) is 16.5. The maximum atomic E-state index is 12.6. The Morgan fingerprint density at radius 1 is 1.03 bits per heavy atom. The van der Waals surface area contributed by atoms with Crippen molar-refractivity contribution in [2.24, 2.45) is 7.05 Å². The van der Waals surface area contributed by atoms with Gasteiger partial charge in [0.05, 0.1) is 18.9 Å². The predicted molar refractivity (Wildman–Crippen MR) is 133 cm³/mol. The Morgan fingerprint density at radius 2 is 1.76 bits per heavy atom. The summed E-state index contributed by atoms with van der Waals surface area (Å²) in [5.41, 5.74) is 1.30. The molecule has 174 valence electrons. The van der Waals surface area contributed by atoms with Gasteiger partial charge in [0.2, 0.25) is 5.91 Å². The fourth-order valence-corrected chi connectivity index (χ4v) is 4.28. The second-order valence-electron chi connectivity index (χ2n) is 7.69. The molecule has 34 heavy (non-hydrogen) atoms. The summed E-state index contributed by atoms with van der Waals surface area (Å²) in [5.74, 6) is 1.11. The van der Waals surface area contributed by atoms with Crippen LogP contribution >= 0.6 is 11.8 Å². The fraction of sp³-hybridized carbons (Fsp3) is 0.200. The number of anilines is 1. The molecule has 0 bridgehead atoms. The summed E-state index contributed by atoms with van der Waals surface area (Å²) in [5, 5.41) is 17.0. The van der Waals surface area contributed by atoms with E-state index in [1.165, 1.54) is 11.8 Å². The van der Waals surface area contributed by atoms with Crippen LogP contribution in [0.1, 0.15) is 29.1 Å². The van der Waals surface area contributed by atoms with Crippen LogP contribution in [0.3, 0.4) is 0 Å². The second-order valence-corrected chi connectivity index (χ2v) is 8.63. The van der Waals surface area contributed by atoms with E-state index in [2.05, 4.69) is 20.8 Å². The number of amides is 2. The van der Waals surface area contributed by atoms with Gasteiger partial charge >= 0.3 is 0 Å². The lowest BCUT2D eigenvalue weighted by molar-refractivity contribution is -0.113. The van der Waals surface area contributed by atoms with E-state index < -0.39 is 0 Å². The molecular weight excluding hydrogens is 450 g/mol. The number of aromatic nitrogens is 3. The van der Waals surface area contributed by atoms with Gasteiger partial charge in [-0.15, -0.1) is 10.2 Å².